The molecule has 1 saturated heterocycles. The minimum Gasteiger partial charge on any atom is -0.353 e. The number of carbonyl (C=O) groups excluding carboxylic acids is 2. The molecule has 0 aromatic heterocycles. The van der Waals surface area contributed by atoms with E-state index >= 15 is 0 Å². The molecule has 4 saturated carbocycles. The number of carbonyl (C=O) groups is 2. The van der Waals surface area contributed by atoms with Crippen LogP contribution in [-0.4, -0.2) is 35.8 Å². The molecule has 1 aromatic carbocycles. The molecule has 1 aromatic rings. The summed E-state index contributed by atoms with van der Waals surface area (Å²) in [5, 5.41) is 3.41. The number of nitrogens with zero attached hydrogens (tertiary/aromatic N) is 1. The Morgan fingerprint density at radius 1 is 0.929 bits per heavy atom. The van der Waals surface area contributed by atoms with Crippen LogP contribution in [0, 0.1) is 23.2 Å². The predicted molar refractivity (Wildman–Crippen MR) is 108 cm³/mol. The molecule has 2 amide bonds. The number of piperidine rings is 1. The normalized spacial score (nSPS) is 34.4. The number of hydrogen-bond donors (Lipinski definition) is 1. The van der Waals surface area contributed by atoms with Gasteiger partial charge in [0, 0.05) is 24.5 Å². The highest BCUT2D eigenvalue weighted by atomic mass is 16.2. The van der Waals surface area contributed by atoms with Gasteiger partial charge in [-0.15, -0.1) is 0 Å². The Kier molecular flexibility index (Phi) is 4.68. The van der Waals surface area contributed by atoms with E-state index < -0.39 is 0 Å². The highest BCUT2D eigenvalue weighted by molar-refractivity contribution is 5.83. The average molecular weight is 381 g/mol. The summed E-state index contributed by atoms with van der Waals surface area (Å²) in [6, 6.07) is 10.2. The Morgan fingerprint density at radius 2 is 1.50 bits per heavy atom. The summed E-state index contributed by atoms with van der Waals surface area (Å²) in [5.74, 6) is 2.94. The molecule has 5 fully saturated rings. The SMILES string of the molecule is O=C(Cc1ccccc1)N1CCC(NC(=O)C23CC4CC(CC(C4)C2)C3)CC1. The fraction of sp³-hybridized carbons (Fsp3) is 0.667. The van der Waals surface area contributed by atoms with Crippen molar-refractivity contribution in [1.82, 2.24) is 10.2 Å². The maximum atomic E-state index is 13.2. The third-order valence-corrected chi connectivity index (χ3v) is 7.90. The van der Waals surface area contributed by atoms with Crippen molar-refractivity contribution in [2.45, 2.75) is 63.8 Å². The van der Waals surface area contributed by atoms with E-state index in [1.807, 2.05) is 35.2 Å². The second kappa shape index (κ2) is 7.20. The van der Waals surface area contributed by atoms with Crippen LogP contribution >= 0.6 is 0 Å². The zero-order chi connectivity index (χ0) is 19.1. The van der Waals surface area contributed by atoms with Crippen molar-refractivity contribution in [3.05, 3.63) is 35.9 Å². The molecule has 0 atom stereocenters. The zero-order valence-electron chi connectivity index (χ0n) is 16.7. The molecular weight excluding hydrogens is 348 g/mol. The monoisotopic (exact) mass is 380 g/mol. The van der Waals surface area contributed by atoms with Crippen molar-refractivity contribution in [3.63, 3.8) is 0 Å². The van der Waals surface area contributed by atoms with E-state index in [0.29, 0.717) is 12.3 Å². The molecule has 0 spiro atoms. The summed E-state index contributed by atoms with van der Waals surface area (Å²) >= 11 is 0. The molecule has 4 nitrogen and oxygen atoms in total. The van der Waals surface area contributed by atoms with E-state index in [4.69, 9.17) is 0 Å². The van der Waals surface area contributed by atoms with Gasteiger partial charge in [0.1, 0.15) is 0 Å². The summed E-state index contributed by atoms with van der Waals surface area (Å²) in [6.07, 6.45) is 9.73. The lowest BCUT2D eigenvalue weighted by molar-refractivity contribution is -0.147. The van der Waals surface area contributed by atoms with Gasteiger partial charge in [0.05, 0.1) is 6.42 Å². The van der Waals surface area contributed by atoms with Gasteiger partial charge in [-0.1, -0.05) is 30.3 Å². The first kappa shape index (κ1) is 18.2. The summed E-state index contributed by atoms with van der Waals surface area (Å²) in [6.45, 7) is 1.52. The Bertz CT molecular complexity index is 701. The van der Waals surface area contributed by atoms with Gasteiger partial charge in [0.15, 0.2) is 0 Å². The van der Waals surface area contributed by atoms with Crippen LogP contribution < -0.4 is 5.32 Å². The van der Waals surface area contributed by atoms with E-state index in [1.165, 1.54) is 19.3 Å². The number of rotatable bonds is 4. The van der Waals surface area contributed by atoms with Gasteiger partial charge in [0.2, 0.25) is 11.8 Å². The van der Waals surface area contributed by atoms with Crippen LogP contribution in [0.1, 0.15) is 56.9 Å². The minimum atomic E-state index is -0.0605. The molecule has 28 heavy (non-hydrogen) atoms. The Hall–Kier alpha value is -1.84. The van der Waals surface area contributed by atoms with E-state index in [2.05, 4.69) is 5.32 Å². The molecule has 1 heterocycles. The van der Waals surface area contributed by atoms with Crippen molar-refractivity contribution < 1.29 is 9.59 Å². The standard InChI is InChI=1S/C24H32N2O2/c27-22(13-17-4-2-1-3-5-17)26-8-6-21(7-9-26)25-23(28)24-14-18-10-19(15-24)12-20(11-18)16-24/h1-5,18-21H,6-16H2,(H,25,28). The summed E-state index contributed by atoms with van der Waals surface area (Å²) in [4.78, 5) is 27.8. The summed E-state index contributed by atoms with van der Waals surface area (Å²) in [5.41, 5.74) is 1.01. The first-order valence-electron chi connectivity index (χ1n) is 11.2. The number of nitrogens with one attached hydrogen (secondary N) is 1. The minimum absolute atomic E-state index is 0.0605. The van der Waals surface area contributed by atoms with Crippen molar-refractivity contribution in [3.8, 4) is 0 Å². The number of likely N-dealkylation sites (tertiary alicyclic amines) is 1. The second-order valence-corrected chi connectivity index (χ2v) is 9.99. The Balaban J connectivity index is 1.14. The van der Waals surface area contributed by atoms with Crippen molar-refractivity contribution in [1.29, 1.82) is 0 Å². The van der Waals surface area contributed by atoms with Crippen LogP contribution in [-0.2, 0) is 16.0 Å². The quantitative estimate of drug-likeness (QED) is 0.868. The van der Waals surface area contributed by atoms with Crippen molar-refractivity contribution in [2.75, 3.05) is 13.1 Å². The molecule has 4 heteroatoms. The lowest BCUT2D eigenvalue weighted by atomic mass is 9.49. The third kappa shape index (κ3) is 3.46. The van der Waals surface area contributed by atoms with Gasteiger partial charge >= 0.3 is 0 Å². The molecule has 0 unspecified atom stereocenters. The molecule has 150 valence electrons. The van der Waals surface area contributed by atoms with E-state index in [1.54, 1.807) is 0 Å². The van der Waals surface area contributed by atoms with E-state index in [9.17, 15) is 9.59 Å². The van der Waals surface area contributed by atoms with Gasteiger partial charge in [-0.3, -0.25) is 9.59 Å². The highest BCUT2D eigenvalue weighted by Gasteiger charge is 2.54. The predicted octanol–water partition coefficient (Wildman–Crippen LogP) is 3.55. The highest BCUT2D eigenvalue weighted by Crippen LogP contribution is 2.60. The second-order valence-electron chi connectivity index (χ2n) is 9.99. The van der Waals surface area contributed by atoms with E-state index in [0.717, 1.165) is 68.5 Å². The van der Waals surface area contributed by atoms with Gasteiger partial charge in [-0.25, -0.2) is 0 Å². The molecule has 1 N–H and O–H groups in total. The first-order valence-corrected chi connectivity index (χ1v) is 11.2. The Labute approximate surface area is 168 Å². The number of hydrogen-bond acceptors (Lipinski definition) is 2. The van der Waals surface area contributed by atoms with Crippen LogP contribution in [0.2, 0.25) is 0 Å². The zero-order valence-corrected chi connectivity index (χ0v) is 16.7. The fourth-order valence-corrected chi connectivity index (χ4v) is 6.88. The molecule has 1 aliphatic heterocycles. The lowest BCUT2D eigenvalue weighted by Crippen LogP contribution is -2.56. The number of benzene rings is 1. The largest absolute Gasteiger partial charge is 0.353 e. The first-order chi connectivity index (χ1) is 13.6. The Morgan fingerprint density at radius 3 is 2.07 bits per heavy atom. The van der Waals surface area contributed by atoms with Gasteiger partial charge in [0.25, 0.3) is 0 Å². The van der Waals surface area contributed by atoms with E-state index in [-0.39, 0.29) is 17.4 Å². The van der Waals surface area contributed by atoms with Crippen LogP contribution in [0.15, 0.2) is 30.3 Å². The third-order valence-electron chi connectivity index (χ3n) is 7.90. The molecule has 4 aliphatic carbocycles. The van der Waals surface area contributed by atoms with Crippen LogP contribution in [0.4, 0.5) is 0 Å². The summed E-state index contributed by atoms with van der Waals surface area (Å²) < 4.78 is 0. The molecule has 4 bridgehead atoms. The average Bonchev–Trinajstić information content (AvgIpc) is 2.68. The maximum absolute atomic E-state index is 13.2. The fourth-order valence-electron chi connectivity index (χ4n) is 6.88. The van der Waals surface area contributed by atoms with Crippen molar-refractivity contribution >= 4 is 11.8 Å². The maximum Gasteiger partial charge on any atom is 0.226 e. The molecular formula is C24H32N2O2. The van der Waals surface area contributed by atoms with Crippen LogP contribution in [0.5, 0.6) is 0 Å². The smallest absolute Gasteiger partial charge is 0.226 e. The van der Waals surface area contributed by atoms with Gasteiger partial charge in [-0.05, 0) is 74.7 Å². The lowest BCUT2D eigenvalue weighted by Gasteiger charge is -2.56. The molecule has 0 radical (unpaired) electrons. The van der Waals surface area contributed by atoms with Crippen LogP contribution in [0.3, 0.4) is 0 Å². The number of amides is 2. The van der Waals surface area contributed by atoms with Gasteiger partial charge < -0.3 is 10.2 Å². The topological polar surface area (TPSA) is 49.4 Å². The molecule has 6 rings (SSSR count). The van der Waals surface area contributed by atoms with Crippen LogP contribution in [0.25, 0.3) is 0 Å². The molecule has 5 aliphatic rings. The van der Waals surface area contributed by atoms with Gasteiger partial charge in [-0.2, -0.15) is 0 Å². The summed E-state index contributed by atoms with van der Waals surface area (Å²) in [7, 11) is 0. The van der Waals surface area contributed by atoms with Crippen molar-refractivity contribution in [2.24, 2.45) is 23.2 Å².